The second-order valence-corrected chi connectivity index (χ2v) is 6.97. The standard InChI is InChI=1S/C20H16BrN5O/c1-25(13-14-12-23-26(24-14)15-6-3-2-4-7-15)20(27)19-17-8-5-9-18(21)16(17)10-11-22-19/h2-12H,13H2,1H3. The third-order valence-electron chi connectivity index (χ3n) is 4.23. The molecule has 2 aromatic carbocycles. The van der Waals surface area contributed by atoms with Gasteiger partial charge in [0.05, 0.1) is 18.4 Å². The van der Waals surface area contributed by atoms with Crippen LogP contribution in [0.3, 0.4) is 0 Å². The van der Waals surface area contributed by atoms with Gasteiger partial charge in [0.15, 0.2) is 0 Å². The Hall–Kier alpha value is -3.06. The topological polar surface area (TPSA) is 63.9 Å². The Bertz CT molecular complexity index is 1110. The molecule has 0 spiro atoms. The first-order chi connectivity index (χ1) is 13.1. The number of halogens is 1. The van der Waals surface area contributed by atoms with Gasteiger partial charge in [0.2, 0.25) is 0 Å². The lowest BCUT2D eigenvalue weighted by Crippen LogP contribution is -2.27. The van der Waals surface area contributed by atoms with Gasteiger partial charge in [0.1, 0.15) is 11.4 Å². The van der Waals surface area contributed by atoms with Gasteiger partial charge in [-0.15, -0.1) is 0 Å². The highest BCUT2D eigenvalue weighted by molar-refractivity contribution is 9.10. The molecule has 7 heteroatoms. The van der Waals surface area contributed by atoms with Crippen LogP contribution in [0.2, 0.25) is 0 Å². The summed E-state index contributed by atoms with van der Waals surface area (Å²) in [6, 6.07) is 17.3. The first-order valence-corrected chi connectivity index (χ1v) is 9.18. The van der Waals surface area contributed by atoms with Crippen molar-refractivity contribution in [1.29, 1.82) is 0 Å². The monoisotopic (exact) mass is 421 g/mol. The minimum absolute atomic E-state index is 0.159. The summed E-state index contributed by atoms with van der Waals surface area (Å²) in [5.74, 6) is -0.159. The lowest BCUT2D eigenvalue weighted by molar-refractivity contribution is 0.0779. The summed E-state index contributed by atoms with van der Waals surface area (Å²) in [4.78, 5) is 20.4. The Balaban J connectivity index is 1.57. The largest absolute Gasteiger partial charge is 0.334 e. The highest BCUT2D eigenvalue weighted by Crippen LogP contribution is 2.25. The van der Waals surface area contributed by atoms with Crippen molar-refractivity contribution in [3.8, 4) is 5.69 Å². The van der Waals surface area contributed by atoms with Gasteiger partial charge in [-0.3, -0.25) is 9.78 Å². The maximum absolute atomic E-state index is 12.9. The van der Waals surface area contributed by atoms with E-state index in [2.05, 4.69) is 31.1 Å². The van der Waals surface area contributed by atoms with E-state index in [1.54, 1.807) is 29.1 Å². The molecule has 6 nitrogen and oxygen atoms in total. The van der Waals surface area contributed by atoms with Crippen molar-refractivity contribution in [3.63, 3.8) is 0 Å². The van der Waals surface area contributed by atoms with Crippen LogP contribution >= 0.6 is 15.9 Å². The predicted molar refractivity (Wildman–Crippen MR) is 107 cm³/mol. The van der Waals surface area contributed by atoms with Gasteiger partial charge in [-0.1, -0.05) is 46.3 Å². The maximum Gasteiger partial charge on any atom is 0.273 e. The number of carbonyl (C=O) groups is 1. The Morgan fingerprint density at radius 1 is 1.07 bits per heavy atom. The number of hydrogen-bond donors (Lipinski definition) is 0. The summed E-state index contributed by atoms with van der Waals surface area (Å²) < 4.78 is 0.935. The quantitative estimate of drug-likeness (QED) is 0.501. The number of amides is 1. The van der Waals surface area contributed by atoms with Gasteiger partial charge in [0.25, 0.3) is 5.91 Å². The van der Waals surface area contributed by atoms with Gasteiger partial charge in [-0.25, -0.2) is 0 Å². The SMILES string of the molecule is CN(Cc1cnn(-c2ccccc2)n1)C(=O)c1nccc2c(Br)cccc12. The van der Waals surface area contributed by atoms with Crippen molar-refractivity contribution in [2.24, 2.45) is 0 Å². The number of benzene rings is 2. The Labute approximate surface area is 164 Å². The molecule has 2 aromatic heterocycles. The summed E-state index contributed by atoms with van der Waals surface area (Å²) in [7, 11) is 1.74. The van der Waals surface area contributed by atoms with E-state index in [-0.39, 0.29) is 5.91 Å². The molecule has 0 N–H and O–H groups in total. The van der Waals surface area contributed by atoms with Crippen LogP contribution in [0.25, 0.3) is 16.5 Å². The molecule has 0 saturated carbocycles. The van der Waals surface area contributed by atoms with Crippen molar-refractivity contribution in [2.75, 3.05) is 7.05 Å². The van der Waals surface area contributed by atoms with Crippen LogP contribution < -0.4 is 0 Å². The predicted octanol–water partition coefficient (Wildman–Crippen LogP) is 3.85. The highest BCUT2D eigenvalue weighted by Gasteiger charge is 2.18. The van der Waals surface area contributed by atoms with Crippen molar-refractivity contribution in [2.45, 2.75) is 6.54 Å². The van der Waals surface area contributed by atoms with Crippen molar-refractivity contribution in [3.05, 3.63) is 82.9 Å². The lowest BCUT2D eigenvalue weighted by Gasteiger charge is -2.16. The number of rotatable bonds is 4. The maximum atomic E-state index is 12.9. The smallest absolute Gasteiger partial charge is 0.273 e. The number of pyridine rings is 1. The Morgan fingerprint density at radius 3 is 2.70 bits per heavy atom. The molecule has 0 fully saturated rings. The fourth-order valence-corrected chi connectivity index (χ4v) is 3.39. The number of hydrogen-bond acceptors (Lipinski definition) is 4. The molecule has 0 unspecified atom stereocenters. The van der Waals surface area contributed by atoms with Crippen LogP contribution in [0.5, 0.6) is 0 Å². The second kappa shape index (κ2) is 7.28. The van der Waals surface area contributed by atoms with Crippen molar-refractivity contribution < 1.29 is 4.79 Å². The van der Waals surface area contributed by atoms with Crippen LogP contribution in [0.4, 0.5) is 0 Å². The number of nitrogens with zero attached hydrogens (tertiary/aromatic N) is 5. The van der Waals surface area contributed by atoms with Crippen LogP contribution in [0.1, 0.15) is 16.2 Å². The van der Waals surface area contributed by atoms with Gasteiger partial charge >= 0.3 is 0 Å². The minimum Gasteiger partial charge on any atom is -0.334 e. The van der Waals surface area contributed by atoms with E-state index < -0.39 is 0 Å². The molecule has 27 heavy (non-hydrogen) atoms. The zero-order chi connectivity index (χ0) is 18.8. The van der Waals surface area contributed by atoms with E-state index in [1.807, 2.05) is 54.6 Å². The fraction of sp³-hybridized carbons (Fsp3) is 0.100. The van der Waals surface area contributed by atoms with Crippen molar-refractivity contribution in [1.82, 2.24) is 24.9 Å². The molecule has 1 amide bonds. The lowest BCUT2D eigenvalue weighted by atomic mass is 10.1. The molecule has 0 aliphatic rings. The molecular formula is C20H16BrN5O. The second-order valence-electron chi connectivity index (χ2n) is 6.12. The number of aromatic nitrogens is 4. The number of fused-ring (bicyclic) bond motifs is 1. The van der Waals surface area contributed by atoms with E-state index >= 15 is 0 Å². The average molecular weight is 422 g/mol. The molecule has 0 bridgehead atoms. The van der Waals surface area contributed by atoms with Gasteiger partial charge in [0, 0.05) is 23.1 Å². The van der Waals surface area contributed by atoms with Crippen molar-refractivity contribution >= 4 is 32.6 Å². The fourth-order valence-electron chi connectivity index (χ4n) is 2.89. The molecular weight excluding hydrogens is 406 g/mol. The van der Waals surface area contributed by atoms with Crippen LogP contribution in [-0.2, 0) is 6.54 Å². The van der Waals surface area contributed by atoms with Gasteiger partial charge in [-0.2, -0.15) is 15.0 Å². The summed E-state index contributed by atoms with van der Waals surface area (Å²) >= 11 is 3.52. The first-order valence-electron chi connectivity index (χ1n) is 8.39. The zero-order valence-electron chi connectivity index (χ0n) is 14.6. The summed E-state index contributed by atoms with van der Waals surface area (Å²) in [5, 5.41) is 10.5. The third-order valence-corrected chi connectivity index (χ3v) is 4.92. The van der Waals surface area contributed by atoms with E-state index in [9.17, 15) is 4.79 Å². The molecule has 4 aromatic rings. The summed E-state index contributed by atoms with van der Waals surface area (Å²) in [6.45, 7) is 0.345. The normalized spacial score (nSPS) is 10.9. The molecule has 0 atom stereocenters. The molecule has 134 valence electrons. The third kappa shape index (κ3) is 3.46. The highest BCUT2D eigenvalue weighted by atomic mass is 79.9. The van der Waals surface area contributed by atoms with E-state index in [1.165, 1.54) is 0 Å². The Kier molecular flexibility index (Phi) is 4.68. The summed E-state index contributed by atoms with van der Waals surface area (Å²) in [6.07, 6.45) is 3.32. The molecule has 0 aliphatic carbocycles. The first kappa shape index (κ1) is 17.4. The number of carbonyl (C=O) groups excluding carboxylic acids is 1. The zero-order valence-corrected chi connectivity index (χ0v) is 16.2. The average Bonchev–Trinajstić information content (AvgIpc) is 3.16. The minimum atomic E-state index is -0.159. The number of para-hydroxylation sites is 1. The Morgan fingerprint density at radius 2 is 1.89 bits per heavy atom. The molecule has 0 radical (unpaired) electrons. The van der Waals surface area contributed by atoms with E-state index in [0.717, 1.165) is 20.9 Å². The van der Waals surface area contributed by atoms with E-state index in [4.69, 9.17) is 0 Å². The van der Waals surface area contributed by atoms with Gasteiger partial charge in [-0.05, 0) is 29.7 Å². The van der Waals surface area contributed by atoms with Crippen LogP contribution in [-0.4, -0.2) is 37.8 Å². The van der Waals surface area contributed by atoms with E-state index in [0.29, 0.717) is 17.9 Å². The molecule has 4 rings (SSSR count). The molecule has 0 saturated heterocycles. The molecule has 2 heterocycles. The van der Waals surface area contributed by atoms with Gasteiger partial charge < -0.3 is 4.90 Å². The van der Waals surface area contributed by atoms with Crippen LogP contribution in [0, 0.1) is 0 Å². The molecule has 0 aliphatic heterocycles. The summed E-state index contributed by atoms with van der Waals surface area (Å²) in [5.41, 5.74) is 2.00. The van der Waals surface area contributed by atoms with Crippen LogP contribution in [0.15, 0.2) is 71.5 Å².